The first kappa shape index (κ1) is 23.1. The molecule has 1 fully saturated rings. The highest BCUT2D eigenvalue weighted by atomic mass is 32.2. The molecule has 5 rings (SSSR count). The normalized spacial score (nSPS) is 17.3. The average Bonchev–Trinajstić information content (AvgIpc) is 3.48. The second kappa shape index (κ2) is 10.8. The van der Waals surface area contributed by atoms with Gasteiger partial charge in [-0.1, -0.05) is 54.2 Å². The maximum atomic E-state index is 12.6. The molecule has 0 bridgehead atoms. The summed E-state index contributed by atoms with van der Waals surface area (Å²) in [6.45, 7) is 0.445. The minimum Gasteiger partial charge on any atom is -0.452 e. The van der Waals surface area contributed by atoms with Crippen LogP contribution in [0.3, 0.4) is 0 Å². The number of rotatable bonds is 8. The molecular weight excluding hydrogens is 476 g/mol. The summed E-state index contributed by atoms with van der Waals surface area (Å²) in [5, 5.41) is 7.71. The van der Waals surface area contributed by atoms with Crippen molar-refractivity contribution in [2.24, 2.45) is 0 Å². The molecule has 1 saturated heterocycles. The molecule has 2 aromatic carbocycles. The number of anilines is 1. The van der Waals surface area contributed by atoms with Crippen molar-refractivity contribution >= 4 is 40.7 Å². The molecule has 3 heterocycles. The van der Waals surface area contributed by atoms with Crippen LogP contribution in [0.2, 0.25) is 0 Å². The number of hydrogen-bond acceptors (Lipinski definition) is 5. The Bertz CT molecular complexity index is 1280. The fourth-order valence-electron chi connectivity index (χ4n) is 4.08. The van der Waals surface area contributed by atoms with E-state index < -0.39 is 0 Å². The van der Waals surface area contributed by atoms with Crippen LogP contribution in [-0.4, -0.2) is 27.4 Å². The van der Waals surface area contributed by atoms with Gasteiger partial charge >= 0.3 is 0 Å². The molecular formula is C27H24N4O2S2. The number of nitrogens with zero attached hydrogens (tertiary/aromatic N) is 2. The maximum absolute atomic E-state index is 12.6. The lowest BCUT2D eigenvalue weighted by molar-refractivity contribution is -0.116. The van der Waals surface area contributed by atoms with Crippen LogP contribution in [-0.2, 0) is 4.79 Å². The van der Waals surface area contributed by atoms with Crippen molar-refractivity contribution in [2.75, 3.05) is 11.9 Å². The Labute approximate surface area is 213 Å². The van der Waals surface area contributed by atoms with Gasteiger partial charge in [-0.3, -0.25) is 9.78 Å². The van der Waals surface area contributed by atoms with Crippen LogP contribution in [0, 0.1) is 0 Å². The van der Waals surface area contributed by atoms with Gasteiger partial charge in [0.05, 0.1) is 11.7 Å². The van der Waals surface area contributed by atoms with Gasteiger partial charge in [0.1, 0.15) is 11.8 Å². The molecule has 1 amide bonds. The summed E-state index contributed by atoms with van der Waals surface area (Å²) in [6.07, 6.45) is 2.06. The van der Waals surface area contributed by atoms with E-state index in [0.717, 1.165) is 27.1 Å². The molecule has 1 aliphatic rings. The molecule has 0 saturated carbocycles. The number of aromatic nitrogens is 1. The van der Waals surface area contributed by atoms with Gasteiger partial charge < -0.3 is 20.0 Å². The van der Waals surface area contributed by atoms with Gasteiger partial charge in [0.15, 0.2) is 10.2 Å². The lowest BCUT2D eigenvalue weighted by Gasteiger charge is -2.25. The summed E-state index contributed by atoms with van der Waals surface area (Å²) < 4.78 is 6.30. The van der Waals surface area contributed by atoms with E-state index in [1.165, 1.54) is 0 Å². The summed E-state index contributed by atoms with van der Waals surface area (Å²) in [5.41, 5.74) is 1.64. The molecule has 8 heteroatoms. The summed E-state index contributed by atoms with van der Waals surface area (Å²) in [4.78, 5) is 20.3. The zero-order valence-corrected chi connectivity index (χ0v) is 20.5. The quantitative estimate of drug-likeness (QED) is 0.295. The van der Waals surface area contributed by atoms with Gasteiger partial charge in [-0.2, -0.15) is 0 Å². The fourth-order valence-corrected chi connectivity index (χ4v) is 5.21. The number of amides is 1. The molecule has 0 unspecified atom stereocenters. The third-order valence-electron chi connectivity index (χ3n) is 5.69. The summed E-state index contributed by atoms with van der Waals surface area (Å²) in [5.74, 6) is 0.703. The van der Waals surface area contributed by atoms with E-state index in [9.17, 15) is 4.79 Å². The lowest BCUT2D eigenvalue weighted by Crippen LogP contribution is -2.32. The van der Waals surface area contributed by atoms with Gasteiger partial charge in [0.2, 0.25) is 5.91 Å². The molecule has 2 aromatic heterocycles. The standard InChI is InChI=1S/C27H24N4O2S2/c32-23(29-19-9-3-1-4-10-19)16-18-31-26(25(30-27(31)34)21-13-7-8-17-28-21)22-14-15-24(33-22)35-20-11-5-2-6-12-20/h1-15,17,25-26H,16,18H2,(H,29,32)(H,30,34)/t25-,26+/m1/s1. The van der Waals surface area contributed by atoms with E-state index in [2.05, 4.69) is 15.6 Å². The first-order valence-corrected chi connectivity index (χ1v) is 12.6. The monoisotopic (exact) mass is 500 g/mol. The average molecular weight is 501 g/mol. The topological polar surface area (TPSA) is 70.4 Å². The minimum absolute atomic E-state index is 0.0706. The van der Waals surface area contributed by atoms with Crippen LogP contribution in [0.4, 0.5) is 5.69 Å². The Morgan fingerprint density at radius 2 is 1.74 bits per heavy atom. The Morgan fingerprint density at radius 3 is 2.49 bits per heavy atom. The Kier molecular flexibility index (Phi) is 7.11. The summed E-state index contributed by atoms with van der Waals surface area (Å²) >= 11 is 7.26. The highest BCUT2D eigenvalue weighted by Crippen LogP contribution is 2.41. The van der Waals surface area contributed by atoms with Gasteiger partial charge in [0.25, 0.3) is 0 Å². The van der Waals surface area contributed by atoms with Crippen molar-refractivity contribution in [3.05, 3.63) is 109 Å². The van der Waals surface area contributed by atoms with Crippen molar-refractivity contribution in [3.63, 3.8) is 0 Å². The Hall–Kier alpha value is -3.62. The smallest absolute Gasteiger partial charge is 0.226 e. The van der Waals surface area contributed by atoms with Crippen molar-refractivity contribution in [1.29, 1.82) is 0 Å². The first-order valence-electron chi connectivity index (χ1n) is 11.3. The highest BCUT2D eigenvalue weighted by Gasteiger charge is 2.41. The van der Waals surface area contributed by atoms with Crippen LogP contribution >= 0.6 is 24.0 Å². The van der Waals surface area contributed by atoms with E-state index in [1.54, 1.807) is 18.0 Å². The molecule has 35 heavy (non-hydrogen) atoms. The van der Waals surface area contributed by atoms with Gasteiger partial charge in [0, 0.05) is 29.7 Å². The minimum atomic E-state index is -0.230. The predicted molar refractivity (Wildman–Crippen MR) is 141 cm³/mol. The fraction of sp³-hybridized carbons (Fsp3) is 0.148. The number of carbonyl (C=O) groups is 1. The predicted octanol–water partition coefficient (Wildman–Crippen LogP) is 5.83. The number of nitrogens with one attached hydrogen (secondary N) is 2. The zero-order chi connectivity index (χ0) is 24.0. The first-order chi connectivity index (χ1) is 17.2. The molecule has 0 spiro atoms. The molecule has 0 aliphatic carbocycles. The SMILES string of the molecule is O=C(CCN1C(=S)N[C@H](c2ccccn2)[C@@H]1c1ccc(Sc2ccccc2)o1)Nc1ccccc1. The third kappa shape index (κ3) is 5.55. The molecule has 176 valence electrons. The molecule has 2 atom stereocenters. The number of benzene rings is 2. The van der Waals surface area contributed by atoms with Crippen molar-refractivity contribution in [2.45, 2.75) is 28.5 Å². The summed E-state index contributed by atoms with van der Waals surface area (Å²) in [6, 6.07) is 28.9. The van der Waals surface area contributed by atoms with Crippen molar-refractivity contribution in [3.8, 4) is 0 Å². The number of furan rings is 1. The van der Waals surface area contributed by atoms with Crippen molar-refractivity contribution < 1.29 is 9.21 Å². The second-order valence-electron chi connectivity index (χ2n) is 8.06. The van der Waals surface area contributed by atoms with Gasteiger partial charge in [-0.25, -0.2) is 0 Å². The van der Waals surface area contributed by atoms with Crippen molar-refractivity contribution in [1.82, 2.24) is 15.2 Å². The number of pyridine rings is 1. The van der Waals surface area contributed by atoms with Crippen LogP contribution in [0.5, 0.6) is 0 Å². The second-order valence-corrected chi connectivity index (χ2v) is 9.52. The number of thiocarbonyl (C=S) groups is 1. The maximum Gasteiger partial charge on any atom is 0.226 e. The number of hydrogen-bond donors (Lipinski definition) is 2. The van der Waals surface area contributed by atoms with Crippen LogP contribution in [0.1, 0.15) is 30.0 Å². The largest absolute Gasteiger partial charge is 0.452 e. The number of carbonyl (C=O) groups excluding carboxylic acids is 1. The third-order valence-corrected chi connectivity index (χ3v) is 6.97. The Morgan fingerprint density at radius 1 is 1.00 bits per heavy atom. The molecule has 2 N–H and O–H groups in total. The van der Waals surface area contributed by atoms with E-state index in [1.807, 2.05) is 95.9 Å². The Balaban J connectivity index is 1.36. The van der Waals surface area contributed by atoms with E-state index in [4.69, 9.17) is 16.6 Å². The highest BCUT2D eigenvalue weighted by molar-refractivity contribution is 7.99. The van der Waals surface area contributed by atoms with Crippen LogP contribution in [0.25, 0.3) is 0 Å². The van der Waals surface area contributed by atoms with E-state index >= 15 is 0 Å². The van der Waals surface area contributed by atoms with E-state index in [-0.39, 0.29) is 24.4 Å². The molecule has 6 nitrogen and oxygen atoms in total. The van der Waals surface area contributed by atoms with Gasteiger partial charge in [-0.05, 0) is 60.7 Å². The summed E-state index contributed by atoms with van der Waals surface area (Å²) in [7, 11) is 0. The van der Waals surface area contributed by atoms with Crippen LogP contribution < -0.4 is 10.6 Å². The molecule has 4 aromatic rings. The number of para-hydroxylation sites is 1. The van der Waals surface area contributed by atoms with Gasteiger partial charge in [-0.15, -0.1) is 0 Å². The molecule has 0 radical (unpaired) electrons. The lowest BCUT2D eigenvalue weighted by atomic mass is 10.0. The molecule has 1 aliphatic heterocycles. The zero-order valence-electron chi connectivity index (χ0n) is 18.8. The van der Waals surface area contributed by atoms with Crippen LogP contribution in [0.15, 0.2) is 112 Å². The van der Waals surface area contributed by atoms with E-state index in [0.29, 0.717) is 11.7 Å².